The quantitative estimate of drug-likeness (QED) is 0.524. The topological polar surface area (TPSA) is 24.1 Å². The van der Waals surface area contributed by atoms with Gasteiger partial charge in [-0.2, -0.15) is 0 Å². The van der Waals surface area contributed by atoms with Crippen LogP contribution in [0.2, 0.25) is 0 Å². The zero-order chi connectivity index (χ0) is 18.3. The van der Waals surface area contributed by atoms with Crippen molar-refractivity contribution in [3.8, 4) is 0 Å². The van der Waals surface area contributed by atoms with E-state index in [4.69, 9.17) is 0 Å². The van der Waals surface area contributed by atoms with Crippen molar-refractivity contribution < 1.29 is 0 Å². The molecule has 146 valence electrons. The third-order valence-corrected chi connectivity index (χ3v) is 5.49. The lowest BCUT2D eigenvalue weighted by Gasteiger charge is -1.94. The molecule has 0 atom stereocenters. The van der Waals surface area contributed by atoms with Crippen molar-refractivity contribution in [3.63, 3.8) is 0 Å². The highest BCUT2D eigenvalue weighted by Gasteiger charge is 2.08. The Labute approximate surface area is 170 Å². The van der Waals surface area contributed by atoms with Crippen molar-refractivity contribution in [2.24, 2.45) is 0 Å². The lowest BCUT2D eigenvalue weighted by molar-refractivity contribution is 0.765. The second-order valence-electron chi connectivity index (χ2n) is 7.33. The Morgan fingerprint density at radius 3 is 1.61 bits per heavy atom. The molecule has 6 rings (SSSR count). The van der Waals surface area contributed by atoms with Crippen molar-refractivity contribution in [3.05, 3.63) is 101 Å². The molecule has 0 saturated carbocycles. The van der Waals surface area contributed by atoms with E-state index in [1.54, 1.807) is 11.1 Å². The fraction of sp³-hybridized carbons (Fsp3) is 0.308. The maximum absolute atomic E-state index is 3.30. The van der Waals surface area contributed by atoms with Crippen LogP contribution in [0.4, 0.5) is 5.69 Å². The van der Waals surface area contributed by atoms with E-state index in [1.807, 2.05) is 0 Å². The van der Waals surface area contributed by atoms with Gasteiger partial charge in [-0.05, 0) is 59.6 Å². The molecule has 0 radical (unpaired) electrons. The third kappa shape index (κ3) is 5.02. The number of aryl methyl sites for hydroxylation is 2. The Bertz CT molecular complexity index is 698. The molecule has 2 N–H and O–H groups in total. The molecule has 0 fully saturated rings. The molecular formula is C26H32N2. The highest BCUT2D eigenvalue weighted by Crippen LogP contribution is 2.20. The maximum Gasteiger partial charge on any atom is 0.0373 e. The van der Waals surface area contributed by atoms with Crippen LogP contribution in [-0.2, 0) is 32.4 Å². The summed E-state index contributed by atoms with van der Waals surface area (Å²) in [6.07, 6.45) is 5.15. The van der Waals surface area contributed by atoms with Gasteiger partial charge < -0.3 is 10.6 Å². The van der Waals surface area contributed by atoms with Crippen molar-refractivity contribution in [2.75, 3.05) is 11.9 Å². The highest BCUT2D eigenvalue weighted by atomic mass is 14.9. The Kier molecular flexibility index (Phi) is 7.27. The Morgan fingerprint density at radius 1 is 0.536 bits per heavy atom. The highest BCUT2D eigenvalue weighted by molar-refractivity contribution is 5.54. The molecule has 0 unspecified atom stereocenters. The molecule has 3 aliphatic rings. The van der Waals surface area contributed by atoms with E-state index in [0.29, 0.717) is 0 Å². The molecule has 0 saturated heterocycles. The van der Waals surface area contributed by atoms with E-state index in [1.165, 1.54) is 48.1 Å². The zero-order valence-corrected chi connectivity index (χ0v) is 15.9. The molecule has 0 amide bonds. The second kappa shape index (κ2) is 10.1. The van der Waals surface area contributed by atoms with E-state index >= 15 is 0 Å². The minimum absolute atomic E-state index is 0. The summed E-state index contributed by atoms with van der Waals surface area (Å²) in [7, 11) is 0. The molecule has 2 heterocycles. The van der Waals surface area contributed by atoms with Crippen LogP contribution in [0, 0.1) is 0 Å². The predicted octanol–water partition coefficient (Wildman–Crippen LogP) is 5.76. The Morgan fingerprint density at radius 2 is 1.04 bits per heavy atom. The van der Waals surface area contributed by atoms with Crippen LogP contribution in [-0.4, -0.2) is 6.54 Å². The van der Waals surface area contributed by atoms with Crippen LogP contribution in [0.1, 0.15) is 41.7 Å². The fourth-order valence-electron chi connectivity index (χ4n) is 3.99. The third-order valence-electron chi connectivity index (χ3n) is 5.49. The number of nitrogens with one attached hydrogen (secondary N) is 2. The van der Waals surface area contributed by atoms with Crippen LogP contribution < -0.4 is 10.6 Å². The van der Waals surface area contributed by atoms with E-state index in [0.717, 1.165) is 19.6 Å². The number of para-hydroxylation sites is 1. The number of hydrogen-bond acceptors (Lipinski definition) is 2. The van der Waals surface area contributed by atoms with E-state index in [2.05, 4.69) is 83.4 Å². The zero-order valence-electron chi connectivity index (χ0n) is 15.9. The average molecular weight is 373 g/mol. The Hall–Kier alpha value is -2.58. The molecule has 3 aromatic rings. The molecule has 2 nitrogen and oxygen atoms in total. The maximum atomic E-state index is 3.30. The molecule has 3 aromatic carbocycles. The van der Waals surface area contributed by atoms with E-state index in [-0.39, 0.29) is 7.43 Å². The lowest BCUT2D eigenvalue weighted by atomic mass is 10.1. The molecule has 28 heavy (non-hydrogen) atoms. The van der Waals surface area contributed by atoms with Gasteiger partial charge in [-0.1, -0.05) is 74.2 Å². The molecule has 1 aliphatic carbocycles. The SMILES string of the molecule is C.c1ccc2c(c1)CCC2.c1ccc2c(c1)CCN2.c1ccc2c(c1)CNC2. The average Bonchev–Trinajstić information content (AvgIpc) is 3.48. The van der Waals surface area contributed by atoms with Crippen molar-refractivity contribution in [1.82, 2.24) is 5.32 Å². The van der Waals surface area contributed by atoms with Crippen LogP contribution in [0.5, 0.6) is 0 Å². The standard InChI is InChI=1S/C9H10.2C8H9N.CH4/c1-2-5-9-7-3-6-8(9)4-1;1-2-4-8-6-9-5-7(8)3-1;1-2-4-8-7(3-1)5-6-9-8;/h1-2,4-5H,3,6-7H2;2*1-4,9H,5-6H2;1H4. The van der Waals surface area contributed by atoms with Gasteiger partial charge in [0.2, 0.25) is 0 Å². The summed E-state index contributed by atoms with van der Waals surface area (Å²) >= 11 is 0. The van der Waals surface area contributed by atoms with Gasteiger partial charge in [0.15, 0.2) is 0 Å². The van der Waals surface area contributed by atoms with Gasteiger partial charge in [-0.15, -0.1) is 0 Å². The summed E-state index contributed by atoms with van der Waals surface area (Å²) in [5, 5.41) is 6.59. The molecule has 2 heteroatoms. The molecule has 2 aliphatic heterocycles. The number of benzene rings is 3. The number of fused-ring (bicyclic) bond motifs is 3. The number of rotatable bonds is 0. The van der Waals surface area contributed by atoms with Crippen molar-refractivity contribution in [1.29, 1.82) is 0 Å². The first-order valence-corrected chi connectivity index (χ1v) is 10.1. The van der Waals surface area contributed by atoms with Gasteiger partial charge in [-0.25, -0.2) is 0 Å². The molecule has 0 spiro atoms. The summed E-state index contributed by atoms with van der Waals surface area (Å²) in [6, 6.07) is 25.7. The molecular weight excluding hydrogens is 340 g/mol. The predicted molar refractivity (Wildman–Crippen MR) is 121 cm³/mol. The molecule has 0 bridgehead atoms. The minimum Gasteiger partial charge on any atom is -0.384 e. The van der Waals surface area contributed by atoms with Crippen molar-refractivity contribution in [2.45, 2.75) is 46.2 Å². The second-order valence-corrected chi connectivity index (χ2v) is 7.33. The van der Waals surface area contributed by atoms with E-state index in [9.17, 15) is 0 Å². The van der Waals surface area contributed by atoms with Gasteiger partial charge in [0.25, 0.3) is 0 Å². The summed E-state index contributed by atoms with van der Waals surface area (Å²) in [6.45, 7) is 3.21. The van der Waals surface area contributed by atoms with Gasteiger partial charge in [0.05, 0.1) is 0 Å². The summed E-state index contributed by atoms with van der Waals surface area (Å²) < 4.78 is 0. The summed E-state index contributed by atoms with van der Waals surface area (Å²) in [5.74, 6) is 0. The molecule has 0 aromatic heterocycles. The van der Waals surface area contributed by atoms with Crippen molar-refractivity contribution >= 4 is 5.69 Å². The first kappa shape index (κ1) is 20.2. The van der Waals surface area contributed by atoms with E-state index < -0.39 is 0 Å². The first-order chi connectivity index (χ1) is 13.4. The lowest BCUT2D eigenvalue weighted by Crippen LogP contribution is -1.99. The number of anilines is 1. The normalized spacial score (nSPS) is 14.7. The number of hydrogen-bond donors (Lipinski definition) is 2. The smallest absolute Gasteiger partial charge is 0.0373 e. The van der Waals surface area contributed by atoms with Crippen LogP contribution in [0.15, 0.2) is 72.8 Å². The minimum atomic E-state index is 0. The summed E-state index contributed by atoms with van der Waals surface area (Å²) in [5.41, 5.74) is 8.82. The summed E-state index contributed by atoms with van der Waals surface area (Å²) in [4.78, 5) is 0. The Balaban J connectivity index is 0.000000118. The van der Waals surface area contributed by atoms with Crippen LogP contribution in [0.3, 0.4) is 0 Å². The van der Waals surface area contributed by atoms with Crippen LogP contribution >= 0.6 is 0 Å². The largest absolute Gasteiger partial charge is 0.384 e. The van der Waals surface area contributed by atoms with Gasteiger partial charge in [0.1, 0.15) is 0 Å². The monoisotopic (exact) mass is 372 g/mol. The van der Waals surface area contributed by atoms with Gasteiger partial charge >= 0.3 is 0 Å². The fourth-order valence-corrected chi connectivity index (χ4v) is 3.99. The van der Waals surface area contributed by atoms with Gasteiger partial charge in [0, 0.05) is 25.3 Å². The van der Waals surface area contributed by atoms with Crippen LogP contribution in [0.25, 0.3) is 0 Å². The first-order valence-electron chi connectivity index (χ1n) is 10.1. The van der Waals surface area contributed by atoms with Gasteiger partial charge in [-0.3, -0.25) is 0 Å².